The summed E-state index contributed by atoms with van der Waals surface area (Å²) in [6, 6.07) is 8.52. The van der Waals surface area contributed by atoms with Crippen molar-refractivity contribution in [2.75, 3.05) is 7.11 Å². The van der Waals surface area contributed by atoms with Gasteiger partial charge in [-0.1, -0.05) is 38.1 Å². The summed E-state index contributed by atoms with van der Waals surface area (Å²) in [5, 5.41) is 3.53. The molecule has 1 N–H and O–H groups in total. The fourth-order valence-electron chi connectivity index (χ4n) is 2.10. The predicted molar refractivity (Wildman–Crippen MR) is 82.5 cm³/mol. The van der Waals surface area contributed by atoms with Crippen molar-refractivity contribution in [2.45, 2.75) is 52.6 Å². The summed E-state index contributed by atoms with van der Waals surface area (Å²) in [6.07, 6.45) is 2.75. The Morgan fingerprint density at radius 3 is 2.40 bits per heavy atom. The first-order valence-electron chi connectivity index (χ1n) is 7.40. The summed E-state index contributed by atoms with van der Waals surface area (Å²) in [5.41, 5.74) is 2.22. The summed E-state index contributed by atoms with van der Waals surface area (Å²) < 4.78 is 4.74. The van der Waals surface area contributed by atoms with Crippen LogP contribution in [0.5, 0.6) is 0 Å². The van der Waals surface area contributed by atoms with Crippen molar-refractivity contribution in [1.29, 1.82) is 0 Å². The van der Waals surface area contributed by atoms with E-state index in [9.17, 15) is 4.79 Å². The number of nitrogens with one attached hydrogen (secondary N) is 1. The molecule has 3 nitrogen and oxygen atoms in total. The van der Waals surface area contributed by atoms with E-state index in [1.165, 1.54) is 25.5 Å². The molecule has 0 saturated heterocycles. The summed E-state index contributed by atoms with van der Waals surface area (Å²) in [7, 11) is 1.43. The lowest BCUT2D eigenvalue weighted by Crippen LogP contribution is -2.26. The predicted octanol–water partition coefficient (Wildman–Crippen LogP) is 3.32. The van der Waals surface area contributed by atoms with Crippen LogP contribution in [0.4, 0.5) is 0 Å². The second-order valence-electron chi connectivity index (χ2n) is 5.77. The first kappa shape index (κ1) is 16.7. The van der Waals surface area contributed by atoms with Crippen LogP contribution in [0.15, 0.2) is 24.3 Å². The molecule has 1 atom stereocenters. The molecule has 1 aromatic rings. The number of hydrogen-bond acceptors (Lipinski definition) is 3. The van der Waals surface area contributed by atoms with E-state index in [1.54, 1.807) is 0 Å². The molecule has 0 radical (unpaired) electrons. The molecule has 0 aliphatic heterocycles. The van der Waals surface area contributed by atoms with Crippen LogP contribution in [-0.4, -0.2) is 19.1 Å². The largest absolute Gasteiger partial charge is 0.469 e. The molecule has 0 fully saturated rings. The molecule has 1 aromatic carbocycles. The smallest absolute Gasteiger partial charge is 0.309 e. The number of hydrogen-bond donors (Lipinski definition) is 1. The highest BCUT2D eigenvalue weighted by Gasteiger charge is 2.09. The van der Waals surface area contributed by atoms with E-state index in [1.807, 2.05) is 18.2 Å². The third kappa shape index (κ3) is 6.20. The molecule has 0 amide bonds. The number of esters is 1. The molecular formula is C17H27NO2. The molecule has 0 aliphatic rings. The fourth-order valence-corrected chi connectivity index (χ4v) is 2.10. The standard InChI is InChI=1S/C17H27NO2/c1-13(2)9-10-14(3)18-12-16-8-6-5-7-15(16)11-17(19)20-4/h5-8,13-14,18H,9-12H2,1-4H3. The maximum Gasteiger partial charge on any atom is 0.309 e. The quantitative estimate of drug-likeness (QED) is 0.741. The van der Waals surface area contributed by atoms with Crippen LogP contribution in [0.3, 0.4) is 0 Å². The van der Waals surface area contributed by atoms with Gasteiger partial charge in [0.15, 0.2) is 0 Å². The second kappa shape index (κ2) is 8.75. The van der Waals surface area contributed by atoms with Crippen LogP contribution >= 0.6 is 0 Å². The highest BCUT2D eigenvalue weighted by Crippen LogP contribution is 2.12. The molecule has 0 bridgehead atoms. The first-order valence-corrected chi connectivity index (χ1v) is 7.40. The summed E-state index contributed by atoms with van der Waals surface area (Å²) in [6.45, 7) is 7.51. The Kier molecular flexibility index (Phi) is 7.31. The normalized spacial score (nSPS) is 12.4. The van der Waals surface area contributed by atoms with Crippen molar-refractivity contribution in [3.05, 3.63) is 35.4 Å². The van der Waals surface area contributed by atoms with Gasteiger partial charge in [-0.15, -0.1) is 0 Å². The molecule has 3 heteroatoms. The molecule has 0 aliphatic carbocycles. The maximum atomic E-state index is 11.4. The van der Waals surface area contributed by atoms with Crippen LogP contribution in [0.2, 0.25) is 0 Å². The van der Waals surface area contributed by atoms with E-state index < -0.39 is 0 Å². The number of methoxy groups -OCH3 is 1. The molecule has 20 heavy (non-hydrogen) atoms. The summed E-state index contributed by atoms with van der Waals surface area (Å²) in [4.78, 5) is 11.4. The van der Waals surface area contributed by atoms with E-state index in [2.05, 4.69) is 32.2 Å². The van der Waals surface area contributed by atoms with Gasteiger partial charge >= 0.3 is 5.97 Å². The molecule has 112 valence electrons. The molecule has 0 spiro atoms. The van der Waals surface area contributed by atoms with Gasteiger partial charge in [-0.25, -0.2) is 0 Å². The topological polar surface area (TPSA) is 38.3 Å². The van der Waals surface area contributed by atoms with Gasteiger partial charge in [0.25, 0.3) is 0 Å². The Bertz CT molecular complexity index is 415. The minimum atomic E-state index is -0.190. The Hall–Kier alpha value is -1.35. The molecule has 1 unspecified atom stereocenters. The van der Waals surface area contributed by atoms with Gasteiger partial charge in [0.1, 0.15) is 0 Å². The second-order valence-corrected chi connectivity index (χ2v) is 5.77. The van der Waals surface area contributed by atoms with Gasteiger partial charge in [-0.2, -0.15) is 0 Å². The fraction of sp³-hybridized carbons (Fsp3) is 0.588. The van der Waals surface area contributed by atoms with Crippen LogP contribution in [0, 0.1) is 5.92 Å². The SMILES string of the molecule is COC(=O)Cc1ccccc1CNC(C)CCC(C)C. The Labute approximate surface area is 122 Å². The van der Waals surface area contributed by atoms with Crippen LogP contribution in [0.25, 0.3) is 0 Å². The average Bonchev–Trinajstić information content (AvgIpc) is 2.44. The first-order chi connectivity index (χ1) is 9.52. The number of rotatable bonds is 8. The van der Waals surface area contributed by atoms with Gasteiger partial charge in [0, 0.05) is 12.6 Å². The number of carbonyl (C=O) groups excluding carboxylic acids is 1. The zero-order valence-corrected chi connectivity index (χ0v) is 13.1. The lowest BCUT2D eigenvalue weighted by Gasteiger charge is -2.16. The number of benzene rings is 1. The zero-order valence-electron chi connectivity index (χ0n) is 13.1. The van der Waals surface area contributed by atoms with Gasteiger partial charge in [-0.3, -0.25) is 4.79 Å². The molecule has 1 rings (SSSR count). The monoisotopic (exact) mass is 277 g/mol. The van der Waals surface area contributed by atoms with Crippen molar-refractivity contribution in [1.82, 2.24) is 5.32 Å². The third-order valence-electron chi connectivity index (χ3n) is 3.50. The van der Waals surface area contributed by atoms with Crippen molar-refractivity contribution in [3.8, 4) is 0 Å². The molecule has 0 heterocycles. The van der Waals surface area contributed by atoms with Crippen LogP contribution in [0.1, 0.15) is 44.7 Å². The number of carbonyl (C=O) groups is 1. The molecule has 0 saturated carbocycles. The minimum Gasteiger partial charge on any atom is -0.469 e. The minimum absolute atomic E-state index is 0.190. The van der Waals surface area contributed by atoms with E-state index in [-0.39, 0.29) is 5.97 Å². The van der Waals surface area contributed by atoms with Crippen molar-refractivity contribution >= 4 is 5.97 Å². The lowest BCUT2D eigenvalue weighted by molar-refractivity contribution is -0.139. The van der Waals surface area contributed by atoms with Gasteiger partial charge in [-0.05, 0) is 36.8 Å². The van der Waals surface area contributed by atoms with Crippen molar-refractivity contribution < 1.29 is 9.53 Å². The van der Waals surface area contributed by atoms with Crippen LogP contribution in [-0.2, 0) is 22.5 Å². The zero-order chi connectivity index (χ0) is 15.0. The average molecular weight is 277 g/mol. The van der Waals surface area contributed by atoms with Gasteiger partial charge in [0.05, 0.1) is 13.5 Å². The molecular weight excluding hydrogens is 250 g/mol. The Morgan fingerprint density at radius 2 is 1.80 bits per heavy atom. The number of ether oxygens (including phenoxy) is 1. The lowest BCUT2D eigenvalue weighted by atomic mass is 10.0. The van der Waals surface area contributed by atoms with Crippen LogP contribution < -0.4 is 5.32 Å². The highest BCUT2D eigenvalue weighted by atomic mass is 16.5. The van der Waals surface area contributed by atoms with Gasteiger partial charge < -0.3 is 10.1 Å². The van der Waals surface area contributed by atoms with E-state index >= 15 is 0 Å². The Morgan fingerprint density at radius 1 is 1.15 bits per heavy atom. The van der Waals surface area contributed by atoms with E-state index in [0.717, 1.165) is 18.0 Å². The Balaban J connectivity index is 2.52. The third-order valence-corrected chi connectivity index (χ3v) is 3.50. The molecule has 0 aromatic heterocycles. The van der Waals surface area contributed by atoms with Crippen molar-refractivity contribution in [2.24, 2.45) is 5.92 Å². The maximum absolute atomic E-state index is 11.4. The van der Waals surface area contributed by atoms with Gasteiger partial charge in [0.2, 0.25) is 0 Å². The summed E-state index contributed by atoms with van der Waals surface area (Å²) >= 11 is 0. The van der Waals surface area contributed by atoms with E-state index in [4.69, 9.17) is 4.74 Å². The van der Waals surface area contributed by atoms with Crippen molar-refractivity contribution in [3.63, 3.8) is 0 Å². The summed E-state index contributed by atoms with van der Waals surface area (Å²) in [5.74, 6) is 0.552. The van der Waals surface area contributed by atoms with E-state index in [0.29, 0.717) is 12.5 Å². The highest BCUT2D eigenvalue weighted by molar-refractivity contribution is 5.72.